The number of carbonyl (C=O) groups excluding carboxylic acids is 1. The molecule has 0 fully saturated rings. The van der Waals surface area contributed by atoms with Gasteiger partial charge in [-0.2, -0.15) is 5.26 Å². The van der Waals surface area contributed by atoms with Crippen molar-refractivity contribution in [3.8, 4) is 6.07 Å². The minimum absolute atomic E-state index is 0.109. The minimum Gasteiger partial charge on any atom is -0.462 e. The Morgan fingerprint density at radius 1 is 1.21 bits per heavy atom. The molecule has 0 spiro atoms. The number of nitrogens with one attached hydrogen (secondary N) is 2. The van der Waals surface area contributed by atoms with Crippen molar-refractivity contribution in [2.75, 3.05) is 11.1 Å². The van der Waals surface area contributed by atoms with E-state index in [9.17, 15) is 10.1 Å². The zero-order valence-corrected chi connectivity index (χ0v) is 19.9. The summed E-state index contributed by atoms with van der Waals surface area (Å²) in [6.45, 7) is 6.29. The standard InChI is InChI=1S/C25H24N6O2S/c1-16-9-10-20(33-16)11-12-22-27-25(30-29-22)34-15-23(32)28-24-21(13-26)17(2)18(3)31(24)14-19-7-5-4-6-8-19/h4-12H,14-15H2,1-3H3,(H,28,32)(H,27,29,30)/b12-11+. The number of aryl methyl sites for hydroxylation is 1. The highest BCUT2D eigenvalue weighted by Crippen LogP contribution is 2.27. The third kappa shape index (κ3) is 5.30. The molecule has 4 aromatic rings. The number of nitriles is 1. The molecule has 2 N–H and O–H groups in total. The van der Waals surface area contributed by atoms with Gasteiger partial charge in [0.25, 0.3) is 0 Å². The summed E-state index contributed by atoms with van der Waals surface area (Å²) < 4.78 is 7.46. The molecular weight excluding hydrogens is 448 g/mol. The predicted molar refractivity (Wildman–Crippen MR) is 132 cm³/mol. The van der Waals surface area contributed by atoms with Gasteiger partial charge >= 0.3 is 0 Å². The average Bonchev–Trinajstić information content (AvgIpc) is 3.52. The Labute approximate surface area is 201 Å². The highest BCUT2D eigenvalue weighted by Gasteiger charge is 2.20. The lowest BCUT2D eigenvalue weighted by molar-refractivity contribution is -0.113. The number of aromatic nitrogens is 4. The first kappa shape index (κ1) is 23.1. The number of rotatable bonds is 8. The number of thioether (sulfide) groups is 1. The second kappa shape index (κ2) is 10.3. The van der Waals surface area contributed by atoms with Crippen LogP contribution in [-0.2, 0) is 11.3 Å². The molecule has 34 heavy (non-hydrogen) atoms. The van der Waals surface area contributed by atoms with Crippen LogP contribution < -0.4 is 5.32 Å². The number of amides is 1. The third-order valence-corrected chi connectivity index (χ3v) is 6.21. The monoisotopic (exact) mass is 472 g/mol. The van der Waals surface area contributed by atoms with E-state index in [1.807, 2.05) is 67.8 Å². The van der Waals surface area contributed by atoms with Crippen molar-refractivity contribution < 1.29 is 9.21 Å². The van der Waals surface area contributed by atoms with Crippen molar-refractivity contribution in [1.29, 1.82) is 5.26 Å². The number of furan rings is 1. The van der Waals surface area contributed by atoms with Gasteiger partial charge in [-0.15, -0.1) is 5.10 Å². The summed E-state index contributed by atoms with van der Waals surface area (Å²) in [5.41, 5.74) is 3.37. The largest absolute Gasteiger partial charge is 0.462 e. The molecule has 3 aromatic heterocycles. The van der Waals surface area contributed by atoms with Crippen molar-refractivity contribution >= 4 is 35.6 Å². The number of benzene rings is 1. The van der Waals surface area contributed by atoms with E-state index in [-0.39, 0.29) is 11.7 Å². The van der Waals surface area contributed by atoms with Gasteiger partial charge in [0.2, 0.25) is 11.1 Å². The highest BCUT2D eigenvalue weighted by atomic mass is 32.2. The maximum Gasteiger partial charge on any atom is 0.235 e. The number of anilines is 1. The molecule has 0 saturated carbocycles. The predicted octanol–water partition coefficient (Wildman–Crippen LogP) is 4.95. The van der Waals surface area contributed by atoms with Gasteiger partial charge in [-0.05, 0) is 56.2 Å². The van der Waals surface area contributed by atoms with Crippen LogP contribution in [0.4, 0.5) is 5.82 Å². The lowest BCUT2D eigenvalue weighted by Crippen LogP contribution is -2.18. The third-order valence-electron chi connectivity index (χ3n) is 5.36. The first-order chi connectivity index (χ1) is 16.4. The van der Waals surface area contributed by atoms with Gasteiger partial charge in [0, 0.05) is 12.2 Å². The van der Waals surface area contributed by atoms with E-state index in [2.05, 4.69) is 26.6 Å². The molecule has 9 heteroatoms. The summed E-state index contributed by atoms with van der Waals surface area (Å²) >= 11 is 1.21. The van der Waals surface area contributed by atoms with Crippen molar-refractivity contribution in [2.24, 2.45) is 0 Å². The van der Waals surface area contributed by atoms with Gasteiger partial charge < -0.3 is 14.3 Å². The quantitative estimate of drug-likeness (QED) is 0.351. The molecule has 4 rings (SSSR count). The number of hydrogen-bond donors (Lipinski definition) is 2. The number of aromatic amines is 1. The Hall–Kier alpha value is -4.03. The van der Waals surface area contributed by atoms with Crippen LogP contribution in [0.3, 0.4) is 0 Å². The lowest BCUT2D eigenvalue weighted by Gasteiger charge is -2.13. The molecule has 8 nitrogen and oxygen atoms in total. The topological polar surface area (TPSA) is 113 Å². The summed E-state index contributed by atoms with van der Waals surface area (Å²) in [7, 11) is 0. The molecule has 172 valence electrons. The zero-order valence-electron chi connectivity index (χ0n) is 19.1. The van der Waals surface area contributed by atoms with Gasteiger partial charge in [0.15, 0.2) is 0 Å². The molecule has 1 aromatic carbocycles. The Kier molecular flexibility index (Phi) is 6.99. The molecule has 0 radical (unpaired) electrons. The molecule has 0 atom stereocenters. The van der Waals surface area contributed by atoms with Crippen LogP contribution in [0.15, 0.2) is 52.0 Å². The highest BCUT2D eigenvalue weighted by molar-refractivity contribution is 7.99. The van der Waals surface area contributed by atoms with Gasteiger partial charge in [-0.25, -0.2) is 4.98 Å². The van der Waals surface area contributed by atoms with E-state index < -0.39 is 0 Å². The average molecular weight is 473 g/mol. The van der Waals surface area contributed by atoms with Crippen molar-refractivity contribution in [1.82, 2.24) is 19.7 Å². The summed E-state index contributed by atoms with van der Waals surface area (Å²) in [4.78, 5) is 17.1. The van der Waals surface area contributed by atoms with Gasteiger partial charge in [-0.3, -0.25) is 9.89 Å². The van der Waals surface area contributed by atoms with Crippen LogP contribution in [0.5, 0.6) is 0 Å². The summed E-state index contributed by atoms with van der Waals surface area (Å²) in [5.74, 6) is 2.50. The fourth-order valence-corrected chi connectivity index (χ4v) is 4.10. The van der Waals surface area contributed by atoms with Crippen LogP contribution in [0.2, 0.25) is 0 Å². The van der Waals surface area contributed by atoms with E-state index >= 15 is 0 Å². The minimum atomic E-state index is -0.235. The Bertz CT molecular complexity index is 1370. The number of hydrogen-bond acceptors (Lipinski definition) is 6. The van der Waals surface area contributed by atoms with Gasteiger partial charge in [0.05, 0.1) is 11.3 Å². The second-order valence-electron chi connectivity index (χ2n) is 7.74. The molecule has 1 amide bonds. The first-order valence-corrected chi connectivity index (χ1v) is 11.7. The molecule has 0 aliphatic heterocycles. The Morgan fingerprint density at radius 2 is 2.00 bits per heavy atom. The SMILES string of the molecule is Cc1ccc(/C=C/c2nc(SCC(=O)Nc3c(C#N)c(C)c(C)n3Cc3ccccc3)n[nH]2)o1. The fraction of sp³-hybridized carbons (Fsp3) is 0.200. The van der Waals surface area contributed by atoms with Crippen LogP contribution in [0.25, 0.3) is 12.2 Å². The maximum absolute atomic E-state index is 12.8. The molecule has 0 bridgehead atoms. The number of carbonyl (C=O) groups is 1. The van der Waals surface area contributed by atoms with Gasteiger partial charge in [-0.1, -0.05) is 42.1 Å². The molecule has 3 heterocycles. The fourth-order valence-electron chi connectivity index (χ4n) is 3.49. The smallest absolute Gasteiger partial charge is 0.235 e. The Balaban J connectivity index is 1.42. The maximum atomic E-state index is 12.8. The summed E-state index contributed by atoms with van der Waals surface area (Å²) in [5, 5.41) is 20.1. The van der Waals surface area contributed by atoms with Crippen molar-refractivity contribution in [3.63, 3.8) is 0 Å². The lowest BCUT2D eigenvalue weighted by atomic mass is 10.2. The van der Waals surface area contributed by atoms with Crippen LogP contribution in [0.1, 0.15) is 39.7 Å². The molecule has 0 aliphatic carbocycles. The summed E-state index contributed by atoms with van der Waals surface area (Å²) in [6.07, 6.45) is 3.56. The van der Waals surface area contributed by atoms with Crippen LogP contribution in [0, 0.1) is 32.1 Å². The van der Waals surface area contributed by atoms with Gasteiger partial charge in [0.1, 0.15) is 29.2 Å². The normalized spacial score (nSPS) is 11.1. The number of H-pyrrole nitrogens is 1. The van der Waals surface area contributed by atoms with E-state index in [1.54, 1.807) is 12.2 Å². The van der Waals surface area contributed by atoms with Crippen LogP contribution in [-0.4, -0.2) is 31.4 Å². The van der Waals surface area contributed by atoms with E-state index in [0.717, 1.165) is 28.3 Å². The van der Waals surface area contributed by atoms with E-state index in [4.69, 9.17) is 4.42 Å². The Morgan fingerprint density at radius 3 is 2.71 bits per heavy atom. The van der Waals surface area contributed by atoms with Crippen LogP contribution >= 0.6 is 11.8 Å². The van der Waals surface area contributed by atoms with Crippen molar-refractivity contribution in [2.45, 2.75) is 32.5 Å². The number of nitrogens with zero attached hydrogens (tertiary/aromatic N) is 4. The molecule has 0 unspecified atom stereocenters. The summed E-state index contributed by atoms with van der Waals surface area (Å²) in [6, 6.07) is 15.9. The molecule has 0 aliphatic rings. The zero-order chi connectivity index (χ0) is 24.1. The molecule has 0 saturated heterocycles. The molecular formula is C25H24N6O2S. The van der Waals surface area contributed by atoms with E-state index in [1.165, 1.54) is 11.8 Å². The first-order valence-electron chi connectivity index (χ1n) is 10.7. The van der Waals surface area contributed by atoms with E-state index in [0.29, 0.717) is 28.9 Å². The van der Waals surface area contributed by atoms with Crippen molar-refractivity contribution in [3.05, 3.63) is 82.2 Å². The second-order valence-corrected chi connectivity index (χ2v) is 8.68.